The van der Waals surface area contributed by atoms with E-state index >= 15 is 0 Å². The summed E-state index contributed by atoms with van der Waals surface area (Å²) in [5.74, 6) is 0. The lowest BCUT2D eigenvalue weighted by atomic mass is 9.97. The Morgan fingerprint density at radius 1 is 0.472 bits per heavy atom. The number of rotatable bonds is 4. The lowest BCUT2D eigenvalue weighted by Crippen LogP contribution is -2.11. The molecule has 1 heterocycles. The Morgan fingerprint density at radius 3 is 1.92 bits per heavy atom. The van der Waals surface area contributed by atoms with E-state index in [2.05, 4.69) is 132 Å². The maximum absolute atomic E-state index is 6.27. The molecule has 0 radical (unpaired) electrons. The third-order valence-corrected chi connectivity index (χ3v) is 6.83. The first kappa shape index (κ1) is 20.5. The van der Waals surface area contributed by atoms with E-state index in [1.165, 1.54) is 21.9 Å². The highest BCUT2D eigenvalue weighted by atomic mass is 16.3. The highest BCUT2D eigenvalue weighted by Gasteiger charge is 2.22. The van der Waals surface area contributed by atoms with Crippen molar-refractivity contribution in [2.75, 3.05) is 4.90 Å². The van der Waals surface area contributed by atoms with E-state index in [1.807, 2.05) is 12.1 Å². The Hall–Kier alpha value is -4.82. The van der Waals surface area contributed by atoms with E-state index in [0.29, 0.717) is 0 Å². The standard InChI is InChI=1S/C34H23NO/c1-3-12-24(13-4-1)29-22-25-14-7-8-15-26(25)23-31(29)35(27-16-5-2-6-17-27)30-19-11-21-33-34(30)28-18-9-10-20-32(28)36-33/h1-23H. The lowest BCUT2D eigenvalue weighted by Gasteiger charge is -2.29. The molecule has 0 aliphatic rings. The molecule has 7 aromatic rings. The fourth-order valence-corrected chi connectivity index (χ4v) is 5.19. The molecule has 0 unspecified atom stereocenters. The third-order valence-electron chi connectivity index (χ3n) is 6.83. The van der Waals surface area contributed by atoms with Gasteiger partial charge in [-0.1, -0.05) is 97.1 Å². The fraction of sp³-hybridized carbons (Fsp3) is 0. The molecule has 6 aromatic carbocycles. The molecule has 0 fully saturated rings. The molecule has 0 N–H and O–H groups in total. The second kappa shape index (κ2) is 8.44. The Balaban J connectivity index is 1.60. The number of nitrogens with zero attached hydrogens (tertiary/aromatic N) is 1. The van der Waals surface area contributed by atoms with Crippen molar-refractivity contribution in [3.05, 3.63) is 140 Å². The van der Waals surface area contributed by atoms with Crippen molar-refractivity contribution in [2.45, 2.75) is 0 Å². The van der Waals surface area contributed by atoms with Gasteiger partial charge in [0.2, 0.25) is 0 Å². The molecule has 170 valence electrons. The SMILES string of the molecule is c1ccc(-c2cc3ccccc3cc2N(c2ccccc2)c2cccc3oc4ccccc4c23)cc1. The number of benzene rings is 6. The first-order valence-corrected chi connectivity index (χ1v) is 12.2. The quantitative estimate of drug-likeness (QED) is 0.259. The Morgan fingerprint density at radius 2 is 1.11 bits per heavy atom. The Kier molecular flexibility index (Phi) is 4.82. The molecule has 1 aromatic heterocycles. The van der Waals surface area contributed by atoms with Crippen LogP contribution in [0.25, 0.3) is 43.8 Å². The zero-order valence-electron chi connectivity index (χ0n) is 19.6. The number of hydrogen-bond acceptors (Lipinski definition) is 2. The molecule has 0 saturated carbocycles. The van der Waals surface area contributed by atoms with Crippen molar-refractivity contribution in [2.24, 2.45) is 0 Å². The lowest BCUT2D eigenvalue weighted by molar-refractivity contribution is 0.669. The molecular formula is C34H23NO. The van der Waals surface area contributed by atoms with Gasteiger partial charge in [-0.3, -0.25) is 0 Å². The van der Waals surface area contributed by atoms with Crippen LogP contribution in [-0.4, -0.2) is 0 Å². The molecule has 0 bridgehead atoms. The minimum atomic E-state index is 0.886. The fourth-order valence-electron chi connectivity index (χ4n) is 5.19. The first-order valence-electron chi connectivity index (χ1n) is 12.2. The number of anilines is 3. The largest absolute Gasteiger partial charge is 0.456 e. The zero-order valence-corrected chi connectivity index (χ0v) is 19.6. The predicted octanol–water partition coefficient (Wildman–Crippen LogP) is 9.88. The average Bonchev–Trinajstić information content (AvgIpc) is 3.33. The number of para-hydroxylation sites is 2. The van der Waals surface area contributed by atoms with E-state index in [4.69, 9.17) is 4.42 Å². The summed E-state index contributed by atoms with van der Waals surface area (Å²) >= 11 is 0. The van der Waals surface area contributed by atoms with Crippen molar-refractivity contribution in [3.8, 4) is 11.1 Å². The normalized spacial score (nSPS) is 11.3. The van der Waals surface area contributed by atoms with Crippen LogP contribution >= 0.6 is 0 Å². The molecule has 36 heavy (non-hydrogen) atoms. The molecule has 0 saturated heterocycles. The van der Waals surface area contributed by atoms with Crippen molar-refractivity contribution < 1.29 is 4.42 Å². The number of furan rings is 1. The average molecular weight is 462 g/mol. The van der Waals surface area contributed by atoms with Gasteiger partial charge >= 0.3 is 0 Å². The summed E-state index contributed by atoms with van der Waals surface area (Å²) in [4.78, 5) is 2.37. The Labute approximate surface area is 209 Å². The van der Waals surface area contributed by atoms with Gasteiger partial charge in [0.05, 0.1) is 16.8 Å². The van der Waals surface area contributed by atoms with Crippen molar-refractivity contribution >= 4 is 49.8 Å². The maximum atomic E-state index is 6.27. The summed E-state index contributed by atoms with van der Waals surface area (Å²) in [5, 5.41) is 4.66. The second-order valence-electron chi connectivity index (χ2n) is 9.00. The summed E-state index contributed by atoms with van der Waals surface area (Å²) < 4.78 is 6.27. The van der Waals surface area contributed by atoms with Gasteiger partial charge in [-0.15, -0.1) is 0 Å². The van der Waals surface area contributed by atoms with Crippen LogP contribution in [0.5, 0.6) is 0 Å². The molecular weight excluding hydrogens is 438 g/mol. The van der Waals surface area contributed by atoms with Crippen LogP contribution in [0.1, 0.15) is 0 Å². The van der Waals surface area contributed by atoms with Gasteiger partial charge in [0.25, 0.3) is 0 Å². The summed E-state index contributed by atoms with van der Waals surface area (Å²) in [5.41, 5.74) is 7.47. The second-order valence-corrected chi connectivity index (χ2v) is 9.00. The molecule has 7 rings (SSSR count). The molecule has 0 aliphatic heterocycles. The van der Waals surface area contributed by atoms with Gasteiger partial charge in [0, 0.05) is 16.6 Å². The van der Waals surface area contributed by atoms with Gasteiger partial charge in [0.15, 0.2) is 0 Å². The minimum Gasteiger partial charge on any atom is -0.456 e. The molecule has 0 aliphatic carbocycles. The van der Waals surface area contributed by atoms with Crippen LogP contribution in [0.15, 0.2) is 144 Å². The monoisotopic (exact) mass is 461 g/mol. The van der Waals surface area contributed by atoms with E-state index in [0.717, 1.165) is 39.0 Å². The topological polar surface area (TPSA) is 16.4 Å². The Bertz CT molecular complexity index is 1830. The van der Waals surface area contributed by atoms with E-state index in [9.17, 15) is 0 Å². The van der Waals surface area contributed by atoms with Gasteiger partial charge in [-0.05, 0) is 58.8 Å². The summed E-state index contributed by atoms with van der Waals surface area (Å²) in [7, 11) is 0. The van der Waals surface area contributed by atoms with Crippen LogP contribution in [0.2, 0.25) is 0 Å². The van der Waals surface area contributed by atoms with Crippen LogP contribution in [0.4, 0.5) is 17.1 Å². The van der Waals surface area contributed by atoms with Crippen LogP contribution in [0, 0.1) is 0 Å². The number of fused-ring (bicyclic) bond motifs is 4. The minimum absolute atomic E-state index is 0.886. The molecule has 0 spiro atoms. The van der Waals surface area contributed by atoms with Crippen molar-refractivity contribution in [3.63, 3.8) is 0 Å². The van der Waals surface area contributed by atoms with Crippen LogP contribution < -0.4 is 4.90 Å². The first-order chi connectivity index (χ1) is 17.9. The third kappa shape index (κ3) is 3.35. The van der Waals surface area contributed by atoms with Gasteiger partial charge in [-0.25, -0.2) is 0 Å². The summed E-state index contributed by atoms with van der Waals surface area (Å²) in [6.07, 6.45) is 0. The van der Waals surface area contributed by atoms with Crippen LogP contribution in [0.3, 0.4) is 0 Å². The van der Waals surface area contributed by atoms with E-state index < -0.39 is 0 Å². The van der Waals surface area contributed by atoms with Gasteiger partial charge < -0.3 is 9.32 Å². The highest BCUT2D eigenvalue weighted by molar-refractivity contribution is 6.14. The zero-order chi connectivity index (χ0) is 23.9. The summed E-state index contributed by atoms with van der Waals surface area (Å²) in [6.45, 7) is 0. The maximum Gasteiger partial charge on any atom is 0.137 e. The summed E-state index contributed by atoms with van der Waals surface area (Å²) in [6, 6.07) is 49.1. The van der Waals surface area contributed by atoms with Crippen LogP contribution in [-0.2, 0) is 0 Å². The van der Waals surface area contributed by atoms with Gasteiger partial charge in [0.1, 0.15) is 11.2 Å². The van der Waals surface area contributed by atoms with E-state index in [-0.39, 0.29) is 0 Å². The van der Waals surface area contributed by atoms with Gasteiger partial charge in [-0.2, -0.15) is 0 Å². The smallest absolute Gasteiger partial charge is 0.137 e. The van der Waals surface area contributed by atoms with Crippen molar-refractivity contribution in [1.29, 1.82) is 0 Å². The highest BCUT2D eigenvalue weighted by Crippen LogP contribution is 2.46. The molecule has 2 heteroatoms. The predicted molar refractivity (Wildman–Crippen MR) is 151 cm³/mol. The molecule has 0 amide bonds. The van der Waals surface area contributed by atoms with E-state index in [1.54, 1.807) is 0 Å². The molecule has 2 nitrogen and oxygen atoms in total. The molecule has 0 atom stereocenters. The van der Waals surface area contributed by atoms with Crippen molar-refractivity contribution in [1.82, 2.24) is 0 Å². The number of hydrogen-bond donors (Lipinski definition) is 0.